The van der Waals surface area contributed by atoms with Crippen molar-refractivity contribution in [1.82, 2.24) is 19.9 Å². The number of carbonyl (C=O) groups is 5. The largest absolute Gasteiger partial charge is 0.460 e. The summed E-state index contributed by atoms with van der Waals surface area (Å²) in [5, 5.41) is 32.8. The van der Waals surface area contributed by atoms with Crippen LogP contribution in [0, 0.1) is 35.5 Å². The van der Waals surface area contributed by atoms with Crippen molar-refractivity contribution >= 4 is 46.8 Å². The number of nitrogens with zero attached hydrogens (tertiary/aromatic N) is 6. The van der Waals surface area contributed by atoms with Gasteiger partial charge in [-0.05, 0) is 113 Å². The Balaban J connectivity index is 0.000000376. The highest BCUT2D eigenvalue weighted by molar-refractivity contribution is 6.39. The number of carbonyl (C=O) groups excluding carboxylic acids is 5. The van der Waals surface area contributed by atoms with Gasteiger partial charge in [-0.25, -0.2) is 14.8 Å². The van der Waals surface area contributed by atoms with E-state index >= 15 is 0 Å². The number of alkyl halides is 3. The van der Waals surface area contributed by atoms with Gasteiger partial charge in [-0.1, -0.05) is 71.1 Å². The lowest BCUT2D eigenvalue weighted by molar-refractivity contribution is -0.265. The predicted molar refractivity (Wildman–Crippen MR) is 357 cm³/mol. The van der Waals surface area contributed by atoms with Gasteiger partial charge in [0, 0.05) is 102 Å². The fraction of sp³-hybridized carbons (Fsp3) is 0.690. The summed E-state index contributed by atoms with van der Waals surface area (Å²) in [6.07, 6.45) is 8.52. The zero-order valence-corrected chi connectivity index (χ0v) is 58.1. The first-order chi connectivity index (χ1) is 46.2. The molecule has 4 saturated heterocycles. The first kappa shape index (κ1) is 78.3. The summed E-state index contributed by atoms with van der Waals surface area (Å²) in [6.45, 7) is 17.3. The molecule has 15 atom stereocenters. The number of aromatic nitrogens is 3. The first-order valence-corrected chi connectivity index (χ1v) is 34.3. The Kier molecular flexibility index (Phi) is 29.7. The quantitative estimate of drug-likeness (QED) is 0.0888. The number of fused-ring (bicyclic) bond motifs is 3. The van der Waals surface area contributed by atoms with Crippen LogP contribution >= 0.6 is 0 Å². The molecule has 7 heterocycles. The molecule has 0 unspecified atom stereocenters. The van der Waals surface area contributed by atoms with Gasteiger partial charge < -0.3 is 73.6 Å². The summed E-state index contributed by atoms with van der Waals surface area (Å²) in [7, 11) is 4.58. The van der Waals surface area contributed by atoms with E-state index in [1.165, 1.54) is 12.0 Å². The molecule has 8 rings (SSSR count). The van der Waals surface area contributed by atoms with Gasteiger partial charge in [0.1, 0.15) is 41.8 Å². The highest BCUT2D eigenvalue weighted by atomic mass is 19.4. The Morgan fingerprint density at radius 1 is 0.804 bits per heavy atom. The third-order valence-electron chi connectivity index (χ3n) is 19.7. The standard InChI is InChI=1S/C53H83NO14.C18H21F3N6O2/c1-32-16-12-11-13-17-33(2)44(63-8)30-40-21-19-38(7)53(62,68-40)50(59)51(60)54-23-15-14-18-41(54)52(61)67-45(35(4)28-39-20-22-43(66-25-24-55)46(29-39)64-9)31-42(56)34(3)27-37(6)48(58)49(65-10)47(57)36(5)26-32;19-18(20,21)13-9-15(22)23-11-12(13)14-10-16(26-1-5-28-6-2-26)25-17(24-14)27-3-7-29-8-4-27/h11-13,16-17,27,32,34-36,38-41,43-46,48-49,55,58,62H,14-15,18-26,28-31H2,1-10H3;9-11H,1-8H2,(H2,22,23)/b13-11+,16-12+,33-17+,37-27+;/t32-,34-,35-,36-,38-,39+,40+,41+,43-,44+,45+,46-,48-,49+,53-;/m1./s1. The fourth-order valence-electron chi connectivity index (χ4n) is 13.8. The molecule has 2 aromatic heterocycles. The number of nitrogen functional groups attached to an aromatic ring is 1. The number of pyridine rings is 1. The maximum absolute atomic E-state index is 14.5. The maximum atomic E-state index is 14.5. The number of halogens is 3. The van der Waals surface area contributed by atoms with Crippen LogP contribution in [0.15, 0.2) is 65.9 Å². The smallest absolute Gasteiger partial charge is 0.417 e. The average molecular weight is 1370 g/mol. The van der Waals surface area contributed by atoms with Crippen molar-refractivity contribution in [2.24, 2.45) is 35.5 Å². The number of anilines is 3. The molecule has 2 bridgehead atoms. The molecular formula is C71H104F3N7O16. The molecule has 97 heavy (non-hydrogen) atoms. The van der Waals surface area contributed by atoms with E-state index < -0.39 is 89.5 Å². The van der Waals surface area contributed by atoms with Crippen LogP contribution in [-0.4, -0.2) is 213 Å². The fourth-order valence-corrected chi connectivity index (χ4v) is 13.8. The second-order valence-electron chi connectivity index (χ2n) is 26.9. The number of esters is 1. The minimum absolute atomic E-state index is 0.0158. The molecule has 1 saturated carbocycles. The Bertz CT molecular complexity index is 3030. The number of methoxy groups -OCH3 is 3. The van der Waals surface area contributed by atoms with E-state index in [9.17, 15) is 52.5 Å². The Hall–Kier alpha value is -6.07. The van der Waals surface area contributed by atoms with Crippen LogP contribution in [-0.2, 0) is 68.0 Å². The van der Waals surface area contributed by atoms with Gasteiger partial charge in [-0.3, -0.25) is 19.2 Å². The van der Waals surface area contributed by atoms with E-state index in [1.54, 1.807) is 47.1 Å². The van der Waals surface area contributed by atoms with E-state index in [0.29, 0.717) is 128 Å². The lowest BCUT2D eigenvalue weighted by Crippen LogP contribution is -2.61. The van der Waals surface area contributed by atoms with E-state index in [2.05, 4.69) is 15.0 Å². The zero-order valence-electron chi connectivity index (χ0n) is 58.1. The van der Waals surface area contributed by atoms with Crippen LogP contribution in [0.2, 0.25) is 0 Å². The summed E-state index contributed by atoms with van der Waals surface area (Å²) in [4.78, 5) is 89.0. The van der Waals surface area contributed by atoms with Gasteiger partial charge in [-0.15, -0.1) is 0 Å². The van der Waals surface area contributed by atoms with Crippen LogP contribution in [0.3, 0.4) is 0 Å². The lowest BCUT2D eigenvalue weighted by Gasteiger charge is -2.42. The number of ether oxygens (including phenoxy) is 8. The molecule has 26 heteroatoms. The molecule has 1 amide bonds. The number of Topliss-reactive ketones (excluding diaryl/α,β-unsaturated/α-hetero) is 3. The molecule has 2 aromatic rings. The highest BCUT2D eigenvalue weighted by Gasteiger charge is 2.53. The molecule has 1 aliphatic carbocycles. The van der Waals surface area contributed by atoms with E-state index in [-0.39, 0.29) is 91.2 Å². The molecule has 0 radical (unpaired) electrons. The third-order valence-corrected chi connectivity index (χ3v) is 19.7. The number of hydrogen-bond acceptors (Lipinski definition) is 22. The normalized spacial score (nSPS) is 32.9. The predicted octanol–water partition coefficient (Wildman–Crippen LogP) is 8.01. The number of aliphatic hydroxyl groups is 3. The number of amides is 1. The lowest BCUT2D eigenvalue weighted by atomic mass is 9.78. The number of ketones is 3. The number of hydrogen-bond donors (Lipinski definition) is 4. The maximum Gasteiger partial charge on any atom is 0.417 e. The van der Waals surface area contributed by atoms with Gasteiger partial charge in [0.15, 0.2) is 5.78 Å². The van der Waals surface area contributed by atoms with E-state index in [4.69, 9.17) is 43.6 Å². The van der Waals surface area contributed by atoms with Crippen LogP contribution in [0.5, 0.6) is 0 Å². The number of rotatable bonds is 12. The number of nitrogens with two attached hydrogens (primary N) is 1. The third kappa shape index (κ3) is 21.2. The summed E-state index contributed by atoms with van der Waals surface area (Å²) < 4.78 is 87.2. The number of piperidine rings is 1. The second kappa shape index (κ2) is 36.8. The van der Waals surface area contributed by atoms with Crippen molar-refractivity contribution in [3.8, 4) is 11.3 Å². The Morgan fingerprint density at radius 3 is 2.16 bits per heavy atom. The van der Waals surface area contributed by atoms with E-state index in [1.807, 2.05) is 67.9 Å². The van der Waals surface area contributed by atoms with Crippen LogP contribution in [0.4, 0.5) is 30.8 Å². The minimum Gasteiger partial charge on any atom is -0.460 e. The molecule has 5 N–H and O–H groups in total. The first-order valence-electron chi connectivity index (χ1n) is 34.3. The monoisotopic (exact) mass is 1370 g/mol. The molecule has 0 spiro atoms. The molecule has 5 fully saturated rings. The van der Waals surface area contributed by atoms with Crippen molar-refractivity contribution in [2.75, 3.05) is 109 Å². The molecule has 0 aromatic carbocycles. The van der Waals surface area contributed by atoms with Crippen LogP contribution in [0.1, 0.15) is 131 Å². The van der Waals surface area contributed by atoms with Crippen molar-refractivity contribution in [3.63, 3.8) is 0 Å². The number of aliphatic hydroxyl groups excluding tert-OH is 2. The number of morpholine rings is 2. The average Bonchev–Trinajstić information content (AvgIpc) is 0.779. The summed E-state index contributed by atoms with van der Waals surface area (Å²) >= 11 is 0. The number of allylic oxidation sites excluding steroid dienone is 6. The summed E-state index contributed by atoms with van der Waals surface area (Å²) in [5.74, 6) is -7.23. The van der Waals surface area contributed by atoms with Crippen LogP contribution < -0.4 is 15.5 Å². The van der Waals surface area contributed by atoms with Gasteiger partial charge in [-0.2, -0.15) is 18.2 Å². The van der Waals surface area contributed by atoms with Gasteiger partial charge >= 0.3 is 12.1 Å². The van der Waals surface area contributed by atoms with Crippen molar-refractivity contribution in [1.29, 1.82) is 0 Å². The molecule has 540 valence electrons. The molecule has 23 nitrogen and oxygen atoms in total. The van der Waals surface area contributed by atoms with Crippen molar-refractivity contribution < 1.29 is 90.4 Å². The van der Waals surface area contributed by atoms with Crippen LogP contribution in [0.25, 0.3) is 11.3 Å². The molecule has 6 aliphatic rings. The zero-order chi connectivity index (χ0) is 70.7. The van der Waals surface area contributed by atoms with Gasteiger partial charge in [0.2, 0.25) is 11.7 Å². The van der Waals surface area contributed by atoms with Gasteiger partial charge in [0.05, 0.1) is 75.3 Å². The summed E-state index contributed by atoms with van der Waals surface area (Å²) in [6, 6.07) is 1.26. The number of cyclic esters (lactones) is 1. The van der Waals surface area contributed by atoms with E-state index in [0.717, 1.165) is 24.3 Å². The van der Waals surface area contributed by atoms with Crippen molar-refractivity contribution in [2.45, 2.75) is 186 Å². The Morgan fingerprint density at radius 2 is 1.51 bits per heavy atom. The molecular weight excluding hydrogens is 1260 g/mol. The minimum atomic E-state index is -4.59. The molecule has 5 aliphatic heterocycles. The SMILES string of the molecule is CO[C@H]1C[C@@H]2CC[C@@H](C)[C@@](O)(O2)C(=O)C(=O)N2CCCC[C@H]2C(=O)O[C@H]([C@H](C)C[C@@H]2CC[C@@H](OCCO)[C@H](OC)C2)CC(=O)[C@H](C)/C=C(\C)[C@@H](O)[C@@H](OC)C(=O)[C@H](C)C[C@H](C)/C=C/C=C/C=C/1C.Nc1cc(C(F)(F)F)c(-c2cc(N3CCOCC3)nc(N3CCOCC3)n2)cn1. The second-order valence-corrected chi connectivity index (χ2v) is 26.9. The summed E-state index contributed by atoms with van der Waals surface area (Å²) in [5.41, 5.74) is 5.93. The Labute approximate surface area is 568 Å². The van der Waals surface area contributed by atoms with Gasteiger partial charge in [0.25, 0.3) is 11.7 Å². The topological polar surface area (TPSA) is 294 Å². The van der Waals surface area contributed by atoms with Crippen molar-refractivity contribution in [3.05, 3.63) is 71.5 Å². The highest BCUT2D eigenvalue weighted by Crippen LogP contribution is 2.41.